The van der Waals surface area contributed by atoms with Gasteiger partial charge in [0.25, 0.3) is 15.9 Å². The van der Waals surface area contributed by atoms with E-state index in [1.54, 1.807) is 49.4 Å². The Morgan fingerprint density at radius 2 is 1.86 bits per heavy atom. The van der Waals surface area contributed by atoms with Gasteiger partial charge in [0.1, 0.15) is 11.6 Å². The van der Waals surface area contributed by atoms with E-state index in [9.17, 15) is 13.2 Å². The number of nitrogens with one attached hydrogen (secondary N) is 4. The highest BCUT2D eigenvalue weighted by atomic mass is 35.5. The van der Waals surface area contributed by atoms with Gasteiger partial charge >= 0.3 is 0 Å². The number of aromatic amines is 1. The number of fused-ring (bicyclic) bond motifs is 1. The van der Waals surface area contributed by atoms with Crippen LogP contribution >= 0.6 is 11.6 Å². The van der Waals surface area contributed by atoms with E-state index in [1.807, 2.05) is 42.7 Å². The molecule has 0 atom stereocenters. The minimum atomic E-state index is -3.95. The molecule has 11 nitrogen and oxygen atoms in total. The van der Waals surface area contributed by atoms with Gasteiger partial charge in [-0.05, 0) is 73.2 Å². The molecule has 13 heteroatoms. The zero-order valence-electron chi connectivity index (χ0n) is 24.1. The van der Waals surface area contributed by atoms with Crippen molar-refractivity contribution in [3.05, 3.63) is 101 Å². The quantitative estimate of drug-likeness (QED) is 0.123. The standard InChI is InChI=1S/C31H30ClN7O4S/c1-19-24(11-14-29(34-19)38-44(42,43)23-8-4-6-20(16-23)7-5-15-33-41)31(40)35-21-9-12-26(32)25(17-21)30-36-27-13-10-22(39(2)3)18-28(27)37-30/h4-14,16-18,33,41H,15H2,1-3H3,(H,34,38)(H,35,40)(H,36,37)/b7-5+. The number of rotatable bonds is 10. The van der Waals surface area contributed by atoms with Gasteiger partial charge in [0.15, 0.2) is 0 Å². The van der Waals surface area contributed by atoms with Gasteiger partial charge in [-0.1, -0.05) is 35.9 Å². The van der Waals surface area contributed by atoms with Gasteiger partial charge in [-0.3, -0.25) is 9.52 Å². The molecule has 3 aromatic carbocycles. The fraction of sp³-hybridized carbons (Fsp3) is 0.129. The average Bonchev–Trinajstić information content (AvgIpc) is 3.41. The highest BCUT2D eigenvalue weighted by Gasteiger charge is 2.18. The number of aryl methyl sites for hydroxylation is 1. The second-order valence-corrected chi connectivity index (χ2v) is 12.2. The van der Waals surface area contributed by atoms with Crippen LogP contribution < -0.4 is 20.4 Å². The van der Waals surface area contributed by atoms with E-state index in [2.05, 4.69) is 25.0 Å². The SMILES string of the molecule is Cc1nc(NS(=O)(=O)c2cccc(/C=C/CNO)c2)ccc1C(=O)Nc1ccc(Cl)c(-c2nc3ccc(N(C)C)cc3[nH]2)c1. The Labute approximate surface area is 259 Å². The fourth-order valence-electron chi connectivity index (χ4n) is 4.47. The van der Waals surface area contributed by atoms with Gasteiger partial charge in [-0.2, -0.15) is 0 Å². The molecule has 5 rings (SSSR count). The predicted molar refractivity (Wildman–Crippen MR) is 174 cm³/mol. The van der Waals surface area contributed by atoms with Crippen LogP contribution in [0.25, 0.3) is 28.5 Å². The third-order valence-corrected chi connectivity index (χ3v) is 8.40. The van der Waals surface area contributed by atoms with Gasteiger partial charge < -0.3 is 20.4 Å². The van der Waals surface area contributed by atoms with Crippen molar-refractivity contribution in [3.63, 3.8) is 0 Å². The summed E-state index contributed by atoms with van der Waals surface area (Å²) >= 11 is 6.51. The molecule has 44 heavy (non-hydrogen) atoms. The Hall–Kier alpha value is -4.75. The molecule has 0 aliphatic heterocycles. The summed E-state index contributed by atoms with van der Waals surface area (Å²) in [6.07, 6.45) is 3.33. The van der Waals surface area contributed by atoms with Gasteiger partial charge in [0.2, 0.25) is 0 Å². The highest BCUT2D eigenvalue weighted by molar-refractivity contribution is 7.92. The molecule has 0 aliphatic carbocycles. The van der Waals surface area contributed by atoms with Crippen molar-refractivity contribution < 1.29 is 18.4 Å². The Balaban J connectivity index is 1.32. The number of benzene rings is 3. The summed E-state index contributed by atoms with van der Waals surface area (Å²) in [5, 5.41) is 12.0. The maximum absolute atomic E-state index is 13.2. The summed E-state index contributed by atoms with van der Waals surface area (Å²) in [5.74, 6) is 0.213. The number of pyridine rings is 1. The number of nitrogens with zero attached hydrogens (tertiary/aromatic N) is 3. The molecule has 0 saturated carbocycles. The Bertz CT molecular complexity index is 1990. The lowest BCUT2D eigenvalue weighted by Gasteiger charge is -2.12. The van der Waals surface area contributed by atoms with Crippen LogP contribution in [0.4, 0.5) is 17.2 Å². The van der Waals surface area contributed by atoms with E-state index in [4.69, 9.17) is 16.8 Å². The zero-order chi connectivity index (χ0) is 31.4. The molecule has 1 amide bonds. The van der Waals surface area contributed by atoms with Crippen LogP contribution in [0, 0.1) is 6.92 Å². The van der Waals surface area contributed by atoms with E-state index >= 15 is 0 Å². The van der Waals surface area contributed by atoms with Crippen LogP contribution in [0.1, 0.15) is 21.6 Å². The van der Waals surface area contributed by atoms with Gasteiger partial charge in [0.05, 0.1) is 32.2 Å². The van der Waals surface area contributed by atoms with Crippen molar-refractivity contribution in [2.75, 3.05) is 35.6 Å². The molecule has 226 valence electrons. The number of amides is 1. The number of hydrogen-bond donors (Lipinski definition) is 5. The van der Waals surface area contributed by atoms with Gasteiger partial charge in [-0.25, -0.2) is 23.9 Å². The molecule has 0 bridgehead atoms. The van der Waals surface area contributed by atoms with Crippen molar-refractivity contribution in [1.82, 2.24) is 20.4 Å². The number of H-pyrrole nitrogens is 1. The van der Waals surface area contributed by atoms with E-state index in [1.165, 1.54) is 24.3 Å². The molecule has 2 aromatic heterocycles. The second-order valence-electron chi connectivity index (χ2n) is 10.1. The lowest BCUT2D eigenvalue weighted by Crippen LogP contribution is -2.17. The van der Waals surface area contributed by atoms with Crippen molar-refractivity contribution in [3.8, 4) is 11.4 Å². The van der Waals surface area contributed by atoms with Crippen LogP contribution in [0.2, 0.25) is 5.02 Å². The van der Waals surface area contributed by atoms with Gasteiger partial charge in [-0.15, -0.1) is 0 Å². The van der Waals surface area contributed by atoms with Crippen molar-refractivity contribution >= 4 is 61.8 Å². The number of imidazole rings is 1. The number of hydrogen-bond acceptors (Lipinski definition) is 8. The number of hydroxylamine groups is 1. The van der Waals surface area contributed by atoms with E-state index in [0.717, 1.165) is 16.7 Å². The molecule has 0 spiro atoms. The second kappa shape index (κ2) is 12.9. The summed E-state index contributed by atoms with van der Waals surface area (Å²) in [5.41, 5.74) is 7.03. The molecule has 5 N–H and O–H groups in total. The van der Waals surface area contributed by atoms with Crippen molar-refractivity contribution in [2.24, 2.45) is 0 Å². The smallest absolute Gasteiger partial charge is 0.263 e. The lowest BCUT2D eigenvalue weighted by atomic mass is 10.1. The Morgan fingerprint density at radius 3 is 2.61 bits per heavy atom. The van der Waals surface area contributed by atoms with Crippen LogP contribution in [0.3, 0.4) is 0 Å². The first-order chi connectivity index (χ1) is 21.0. The summed E-state index contributed by atoms with van der Waals surface area (Å²) in [7, 11) is -0.0273. The third kappa shape index (κ3) is 6.90. The minimum absolute atomic E-state index is 0.0408. The first-order valence-corrected chi connectivity index (χ1v) is 15.3. The number of carbonyl (C=O) groups is 1. The largest absolute Gasteiger partial charge is 0.378 e. The van der Waals surface area contributed by atoms with Gasteiger partial charge in [0, 0.05) is 37.6 Å². The highest BCUT2D eigenvalue weighted by Crippen LogP contribution is 2.31. The predicted octanol–water partition coefficient (Wildman–Crippen LogP) is 5.70. The van der Waals surface area contributed by atoms with E-state index < -0.39 is 15.9 Å². The Kier molecular flexibility index (Phi) is 8.97. The molecule has 2 heterocycles. The summed E-state index contributed by atoms with van der Waals surface area (Å²) in [6, 6.07) is 20.3. The minimum Gasteiger partial charge on any atom is -0.378 e. The average molecular weight is 632 g/mol. The Morgan fingerprint density at radius 1 is 1.05 bits per heavy atom. The maximum atomic E-state index is 13.2. The molecule has 5 aromatic rings. The topological polar surface area (TPSA) is 152 Å². The first kappa shape index (κ1) is 30.7. The lowest BCUT2D eigenvalue weighted by molar-refractivity contribution is 0.102. The van der Waals surface area contributed by atoms with Crippen LogP contribution in [-0.2, 0) is 10.0 Å². The summed E-state index contributed by atoms with van der Waals surface area (Å²) in [4.78, 5) is 27.5. The van der Waals surface area contributed by atoms with Crippen molar-refractivity contribution in [1.29, 1.82) is 0 Å². The monoisotopic (exact) mass is 631 g/mol. The maximum Gasteiger partial charge on any atom is 0.263 e. The molecule has 0 aliphatic rings. The molecule has 0 fully saturated rings. The molecule has 0 radical (unpaired) electrons. The summed E-state index contributed by atoms with van der Waals surface area (Å²) in [6.45, 7) is 1.84. The molecular weight excluding hydrogens is 602 g/mol. The van der Waals surface area contributed by atoms with Crippen LogP contribution in [0.15, 0.2) is 83.8 Å². The number of sulfonamides is 1. The summed E-state index contributed by atoms with van der Waals surface area (Å²) < 4.78 is 28.5. The number of carbonyl (C=O) groups excluding carboxylic acids is 1. The van der Waals surface area contributed by atoms with E-state index in [-0.39, 0.29) is 22.8 Å². The number of halogens is 1. The normalized spacial score (nSPS) is 11.7. The fourth-order valence-corrected chi connectivity index (χ4v) is 5.74. The van der Waals surface area contributed by atoms with E-state index in [0.29, 0.717) is 33.4 Å². The van der Waals surface area contributed by atoms with Crippen LogP contribution in [-0.4, -0.2) is 55.1 Å². The zero-order valence-corrected chi connectivity index (χ0v) is 25.7. The first-order valence-electron chi connectivity index (χ1n) is 13.5. The molecule has 0 unspecified atom stereocenters. The molecular formula is C31H30ClN7O4S. The molecule has 0 saturated heterocycles. The third-order valence-electron chi connectivity index (χ3n) is 6.72. The van der Waals surface area contributed by atoms with Crippen LogP contribution in [0.5, 0.6) is 0 Å². The number of anilines is 3. The van der Waals surface area contributed by atoms with Crippen molar-refractivity contribution in [2.45, 2.75) is 11.8 Å². The number of aromatic nitrogens is 3.